The van der Waals surface area contributed by atoms with Gasteiger partial charge in [0.25, 0.3) is 11.8 Å². The minimum absolute atomic E-state index is 0.0582. The van der Waals surface area contributed by atoms with Gasteiger partial charge in [-0.2, -0.15) is 0 Å². The number of fused-ring (bicyclic) bond motifs is 1. The van der Waals surface area contributed by atoms with Gasteiger partial charge in [-0.25, -0.2) is 0 Å². The first-order valence-corrected chi connectivity index (χ1v) is 9.65. The van der Waals surface area contributed by atoms with Crippen LogP contribution in [0, 0.1) is 13.8 Å². The van der Waals surface area contributed by atoms with Crippen LogP contribution >= 0.6 is 0 Å². The topological polar surface area (TPSA) is 67.5 Å². The number of benzene rings is 1. The lowest BCUT2D eigenvalue weighted by molar-refractivity contribution is 0.0699. The zero-order valence-electron chi connectivity index (χ0n) is 16.5. The fourth-order valence-electron chi connectivity index (χ4n) is 4.03. The number of para-hydroxylation sites is 1. The van der Waals surface area contributed by atoms with Crippen LogP contribution in [0.15, 0.2) is 40.9 Å². The van der Waals surface area contributed by atoms with Crippen molar-refractivity contribution in [1.29, 1.82) is 0 Å². The number of carbonyl (C=O) groups is 2. The molecule has 4 rings (SSSR count). The van der Waals surface area contributed by atoms with E-state index < -0.39 is 0 Å². The third-order valence-corrected chi connectivity index (χ3v) is 5.53. The molecule has 2 amide bonds. The highest BCUT2D eigenvalue weighted by atomic mass is 16.3. The van der Waals surface area contributed by atoms with Crippen molar-refractivity contribution in [2.75, 3.05) is 13.1 Å². The monoisotopic (exact) mass is 379 g/mol. The third-order valence-electron chi connectivity index (χ3n) is 5.53. The summed E-state index contributed by atoms with van der Waals surface area (Å²) < 4.78 is 7.43. The first-order valence-electron chi connectivity index (χ1n) is 9.65. The number of amides is 2. The number of aryl methyl sites for hydroxylation is 3. The number of piperidine rings is 1. The van der Waals surface area contributed by atoms with Gasteiger partial charge in [-0.1, -0.05) is 18.2 Å². The summed E-state index contributed by atoms with van der Waals surface area (Å²) in [6.07, 6.45) is 3.40. The first-order chi connectivity index (χ1) is 13.4. The second-order valence-corrected chi connectivity index (χ2v) is 7.54. The molecule has 0 saturated carbocycles. The Kier molecular flexibility index (Phi) is 4.71. The minimum atomic E-state index is -0.104. The summed E-state index contributed by atoms with van der Waals surface area (Å²) in [5, 5.41) is 4.06. The molecule has 1 aliphatic rings. The molecule has 1 N–H and O–H groups in total. The van der Waals surface area contributed by atoms with E-state index >= 15 is 0 Å². The summed E-state index contributed by atoms with van der Waals surface area (Å²) in [6.45, 7) is 4.90. The molecule has 3 aromatic rings. The molecule has 1 saturated heterocycles. The Labute approximate surface area is 164 Å². The molecule has 1 fully saturated rings. The zero-order chi connectivity index (χ0) is 19.8. The quantitative estimate of drug-likeness (QED) is 0.758. The van der Waals surface area contributed by atoms with E-state index in [1.807, 2.05) is 53.9 Å². The summed E-state index contributed by atoms with van der Waals surface area (Å²) in [5.41, 5.74) is 2.38. The average molecular weight is 379 g/mol. The SMILES string of the molecule is Cc1cc(C(=O)NC2CCN(C(=O)c3cn(C)c4ccccc34)CC2)c(C)o1. The van der Waals surface area contributed by atoms with Gasteiger partial charge >= 0.3 is 0 Å². The van der Waals surface area contributed by atoms with Gasteiger partial charge in [-0.15, -0.1) is 0 Å². The number of rotatable bonds is 3. The van der Waals surface area contributed by atoms with Crippen molar-refractivity contribution in [2.45, 2.75) is 32.7 Å². The smallest absolute Gasteiger partial charge is 0.256 e. The molecule has 0 radical (unpaired) electrons. The lowest BCUT2D eigenvalue weighted by atomic mass is 10.0. The van der Waals surface area contributed by atoms with Gasteiger partial charge in [0.1, 0.15) is 11.5 Å². The number of furan rings is 1. The van der Waals surface area contributed by atoms with Crippen molar-refractivity contribution in [3.63, 3.8) is 0 Å². The number of nitrogens with zero attached hydrogens (tertiary/aromatic N) is 2. The molecule has 146 valence electrons. The van der Waals surface area contributed by atoms with Crippen LogP contribution < -0.4 is 5.32 Å². The zero-order valence-corrected chi connectivity index (χ0v) is 16.5. The molecule has 0 unspecified atom stereocenters. The van der Waals surface area contributed by atoms with Crippen LogP contribution in [0.1, 0.15) is 45.1 Å². The van der Waals surface area contributed by atoms with Gasteiger partial charge in [-0.3, -0.25) is 9.59 Å². The van der Waals surface area contributed by atoms with E-state index in [-0.39, 0.29) is 17.9 Å². The molecule has 1 aromatic carbocycles. The Morgan fingerprint density at radius 3 is 2.50 bits per heavy atom. The number of carbonyl (C=O) groups excluding carboxylic acids is 2. The molecule has 0 bridgehead atoms. The van der Waals surface area contributed by atoms with Gasteiger partial charge in [0, 0.05) is 43.3 Å². The van der Waals surface area contributed by atoms with Crippen molar-refractivity contribution in [3.05, 3.63) is 59.2 Å². The van der Waals surface area contributed by atoms with Crippen LogP contribution in [0.25, 0.3) is 10.9 Å². The van der Waals surface area contributed by atoms with E-state index in [2.05, 4.69) is 5.32 Å². The maximum atomic E-state index is 13.0. The molecular formula is C22H25N3O3. The lowest BCUT2D eigenvalue weighted by Crippen LogP contribution is -2.46. The fourth-order valence-corrected chi connectivity index (χ4v) is 4.03. The summed E-state index contributed by atoms with van der Waals surface area (Å²) in [5.74, 6) is 1.33. The molecular weight excluding hydrogens is 354 g/mol. The second kappa shape index (κ2) is 7.19. The highest BCUT2D eigenvalue weighted by Gasteiger charge is 2.27. The summed E-state index contributed by atoms with van der Waals surface area (Å²) >= 11 is 0. The molecule has 0 spiro atoms. The van der Waals surface area contributed by atoms with Gasteiger partial charge < -0.3 is 19.2 Å². The molecule has 3 heterocycles. The number of nitrogens with one attached hydrogen (secondary N) is 1. The maximum Gasteiger partial charge on any atom is 0.256 e. The van der Waals surface area contributed by atoms with Crippen molar-refractivity contribution in [3.8, 4) is 0 Å². The van der Waals surface area contributed by atoms with E-state index in [4.69, 9.17) is 4.42 Å². The van der Waals surface area contributed by atoms with Crippen molar-refractivity contribution in [2.24, 2.45) is 7.05 Å². The van der Waals surface area contributed by atoms with Gasteiger partial charge in [0.2, 0.25) is 0 Å². The Bertz CT molecular complexity index is 1040. The molecule has 6 heteroatoms. The van der Waals surface area contributed by atoms with E-state index in [1.54, 1.807) is 13.0 Å². The van der Waals surface area contributed by atoms with Crippen LogP contribution in [0.3, 0.4) is 0 Å². The van der Waals surface area contributed by atoms with Crippen LogP contribution in [-0.2, 0) is 7.05 Å². The van der Waals surface area contributed by atoms with Crippen molar-refractivity contribution < 1.29 is 14.0 Å². The van der Waals surface area contributed by atoms with Gasteiger partial charge in [0.05, 0.1) is 11.1 Å². The number of hydrogen-bond acceptors (Lipinski definition) is 3. The standard InChI is InChI=1S/C22H25N3O3/c1-14-12-18(15(2)28-14)21(26)23-16-8-10-25(11-9-16)22(27)19-13-24(3)20-7-5-4-6-17(19)20/h4-7,12-13,16H,8-11H2,1-3H3,(H,23,26). The molecule has 28 heavy (non-hydrogen) atoms. The predicted molar refractivity (Wildman–Crippen MR) is 107 cm³/mol. The van der Waals surface area contributed by atoms with Gasteiger partial charge in [-0.05, 0) is 38.8 Å². The fraction of sp³-hybridized carbons (Fsp3) is 0.364. The van der Waals surface area contributed by atoms with E-state index in [0.29, 0.717) is 24.4 Å². The molecule has 0 aliphatic carbocycles. The van der Waals surface area contributed by atoms with Crippen LogP contribution in [-0.4, -0.2) is 40.4 Å². The summed E-state index contributed by atoms with van der Waals surface area (Å²) in [4.78, 5) is 27.4. The Morgan fingerprint density at radius 1 is 1.11 bits per heavy atom. The van der Waals surface area contributed by atoms with Crippen molar-refractivity contribution in [1.82, 2.24) is 14.8 Å². The van der Waals surface area contributed by atoms with Crippen LogP contribution in [0.2, 0.25) is 0 Å². The molecule has 2 aromatic heterocycles. The van der Waals surface area contributed by atoms with Crippen molar-refractivity contribution >= 4 is 22.7 Å². The average Bonchev–Trinajstić information content (AvgIpc) is 3.21. The van der Waals surface area contributed by atoms with E-state index in [0.717, 1.165) is 35.1 Å². The van der Waals surface area contributed by atoms with Crippen LogP contribution in [0.5, 0.6) is 0 Å². The van der Waals surface area contributed by atoms with E-state index in [1.165, 1.54) is 0 Å². The molecule has 1 aliphatic heterocycles. The maximum absolute atomic E-state index is 13.0. The lowest BCUT2D eigenvalue weighted by Gasteiger charge is -2.32. The number of aromatic nitrogens is 1. The Hall–Kier alpha value is -3.02. The number of likely N-dealkylation sites (tertiary alicyclic amines) is 1. The largest absolute Gasteiger partial charge is 0.466 e. The normalized spacial score (nSPS) is 15.2. The van der Waals surface area contributed by atoms with Gasteiger partial charge in [0.15, 0.2) is 0 Å². The third kappa shape index (κ3) is 3.30. The Morgan fingerprint density at radius 2 is 1.82 bits per heavy atom. The highest BCUT2D eigenvalue weighted by molar-refractivity contribution is 6.07. The number of hydrogen-bond donors (Lipinski definition) is 1. The Balaban J connectivity index is 1.40. The van der Waals surface area contributed by atoms with Crippen LogP contribution in [0.4, 0.5) is 0 Å². The predicted octanol–water partition coefficient (Wildman–Crippen LogP) is 3.42. The minimum Gasteiger partial charge on any atom is -0.466 e. The van der Waals surface area contributed by atoms with E-state index in [9.17, 15) is 9.59 Å². The highest BCUT2D eigenvalue weighted by Crippen LogP contribution is 2.23. The molecule has 0 atom stereocenters. The summed E-state index contributed by atoms with van der Waals surface area (Å²) in [7, 11) is 1.96. The summed E-state index contributed by atoms with van der Waals surface area (Å²) in [6, 6.07) is 9.79. The molecule has 6 nitrogen and oxygen atoms in total. The first kappa shape index (κ1) is 18.3. The second-order valence-electron chi connectivity index (χ2n) is 7.54.